The van der Waals surface area contributed by atoms with Gasteiger partial charge in [0.05, 0.1) is 12.6 Å². The number of ether oxygens (including phenoxy) is 1. The second-order valence-corrected chi connectivity index (χ2v) is 9.87. The van der Waals surface area contributed by atoms with E-state index in [1.165, 1.54) is 12.1 Å². The maximum atomic E-state index is 15.3. The fraction of sp³-hybridized carbons (Fsp3) is 0.519. The number of halogens is 2. The van der Waals surface area contributed by atoms with Crippen molar-refractivity contribution in [2.75, 3.05) is 19.7 Å². The third-order valence-electron chi connectivity index (χ3n) is 6.72. The predicted molar refractivity (Wildman–Crippen MR) is 129 cm³/mol. The van der Waals surface area contributed by atoms with Crippen LogP contribution in [0.15, 0.2) is 48.5 Å². The van der Waals surface area contributed by atoms with Crippen LogP contribution in [0.5, 0.6) is 5.75 Å². The monoisotopic (exact) mass is 471 g/mol. The van der Waals surface area contributed by atoms with Crippen LogP contribution in [0.1, 0.15) is 44.2 Å². The van der Waals surface area contributed by atoms with Crippen LogP contribution in [-0.2, 0) is 13.1 Å². The molecule has 4 rings (SSSR count). The van der Waals surface area contributed by atoms with E-state index in [1.54, 1.807) is 17.0 Å². The van der Waals surface area contributed by atoms with Gasteiger partial charge in [0, 0.05) is 25.7 Å². The first kappa shape index (κ1) is 24.5. The van der Waals surface area contributed by atoms with Crippen LogP contribution < -0.4 is 10.1 Å². The summed E-state index contributed by atoms with van der Waals surface area (Å²) in [6.07, 6.45) is 1.63. The van der Waals surface area contributed by atoms with Crippen molar-refractivity contribution >= 4 is 6.03 Å². The maximum absolute atomic E-state index is 15.3. The fourth-order valence-electron chi connectivity index (χ4n) is 4.87. The van der Waals surface area contributed by atoms with Crippen LogP contribution in [0.4, 0.5) is 13.6 Å². The van der Waals surface area contributed by atoms with E-state index in [2.05, 4.69) is 24.1 Å². The summed E-state index contributed by atoms with van der Waals surface area (Å²) in [4.78, 5) is 17.1. The molecule has 0 aromatic heterocycles. The van der Waals surface area contributed by atoms with Crippen LogP contribution in [-0.4, -0.2) is 53.8 Å². The summed E-state index contributed by atoms with van der Waals surface area (Å²) in [5.41, 5.74) is 1.72. The lowest BCUT2D eigenvalue weighted by Crippen LogP contribution is -2.57. The molecule has 0 unspecified atom stereocenters. The molecule has 34 heavy (non-hydrogen) atoms. The second-order valence-electron chi connectivity index (χ2n) is 9.87. The standard InChI is InChI=1S/C27H35F2N3O2/c1-19(2)18-34-24-11-7-20(8-12-24)15-30-27(33)32(16-21-5-9-22(28)10-6-21)26-14-23-4-3-13-31(23)17-25(26)29/h5-12,19,23,25-26H,3-4,13-18H2,1-2H3,(H,30,33)/t23-,25+,26-/m0/s1. The number of carbonyl (C=O) groups is 1. The van der Waals surface area contributed by atoms with Crippen molar-refractivity contribution in [1.29, 1.82) is 0 Å². The van der Waals surface area contributed by atoms with E-state index in [1.807, 2.05) is 24.3 Å². The number of benzene rings is 2. The highest BCUT2D eigenvalue weighted by atomic mass is 19.1. The average molecular weight is 472 g/mol. The highest BCUT2D eigenvalue weighted by Gasteiger charge is 2.42. The number of nitrogens with zero attached hydrogens (tertiary/aromatic N) is 2. The molecule has 2 aromatic rings. The quantitative estimate of drug-likeness (QED) is 0.579. The van der Waals surface area contributed by atoms with Gasteiger partial charge >= 0.3 is 6.03 Å². The van der Waals surface area contributed by atoms with Gasteiger partial charge in [-0.2, -0.15) is 0 Å². The number of alkyl halides is 1. The summed E-state index contributed by atoms with van der Waals surface area (Å²) >= 11 is 0. The number of urea groups is 1. The maximum Gasteiger partial charge on any atom is 0.318 e. The zero-order chi connectivity index (χ0) is 24.1. The molecule has 2 fully saturated rings. The van der Waals surface area contributed by atoms with E-state index < -0.39 is 12.2 Å². The molecule has 1 N–H and O–H groups in total. The van der Waals surface area contributed by atoms with Gasteiger partial charge in [-0.15, -0.1) is 0 Å². The van der Waals surface area contributed by atoms with Crippen LogP contribution in [0.25, 0.3) is 0 Å². The molecule has 0 bridgehead atoms. The number of hydrogen-bond donors (Lipinski definition) is 1. The minimum absolute atomic E-state index is 0.242. The molecule has 2 amide bonds. The third kappa shape index (κ3) is 6.26. The fourth-order valence-corrected chi connectivity index (χ4v) is 4.87. The second kappa shape index (κ2) is 11.2. The Morgan fingerprint density at radius 3 is 2.56 bits per heavy atom. The van der Waals surface area contributed by atoms with Crippen LogP contribution in [0.2, 0.25) is 0 Å². The zero-order valence-corrected chi connectivity index (χ0v) is 20.1. The van der Waals surface area contributed by atoms with Gasteiger partial charge in [-0.25, -0.2) is 13.6 Å². The highest BCUT2D eigenvalue weighted by molar-refractivity contribution is 5.74. The SMILES string of the molecule is CC(C)COc1ccc(CNC(=O)N(Cc2ccc(F)cc2)[C@H]2C[C@@H]3CCCN3C[C@H]2F)cc1. The predicted octanol–water partition coefficient (Wildman–Crippen LogP) is 5.15. The normalized spacial score (nSPS) is 22.4. The molecule has 0 aliphatic carbocycles. The first-order valence-corrected chi connectivity index (χ1v) is 12.3. The van der Waals surface area contributed by atoms with E-state index in [0.29, 0.717) is 38.1 Å². The topological polar surface area (TPSA) is 44.8 Å². The average Bonchev–Trinajstić information content (AvgIpc) is 3.28. The first-order chi connectivity index (χ1) is 16.4. The zero-order valence-electron chi connectivity index (χ0n) is 20.1. The van der Waals surface area contributed by atoms with Crippen molar-refractivity contribution in [2.45, 2.75) is 64.5 Å². The van der Waals surface area contributed by atoms with E-state index in [0.717, 1.165) is 36.3 Å². The van der Waals surface area contributed by atoms with Crippen molar-refractivity contribution in [3.05, 3.63) is 65.5 Å². The van der Waals surface area contributed by atoms with Crippen LogP contribution in [0, 0.1) is 11.7 Å². The Labute approximate surface area is 201 Å². The Kier molecular flexibility index (Phi) is 8.03. The van der Waals surface area contributed by atoms with E-state index in [4.69, 9.17) is 4.74 Å². The van der Waals surface area contributed by atoms with Crippen LogP contribution >= 0.6 is 0 Å². The molecule has 0 spiro atoms. The molecule has 2 saturated heterocycles. The number of nitrogens with one attached hydrogen (secondary N) is 1. The Morgan fingerprint density at radius 1 is 1.15 bits per heavy atom. The smallest absolute Gasteiger partial charge is 0.318 e. The van der Waals surface area contributed by atoms with Gasteiger partial charge in [0.25, 0.3) is 0 Å². The van der Waals surface area contributed by atoms with Crippen LogP contribution in [0.3, 0.4) is 0 Å². The molecule has 184 valence electrons. The molecular formula is C27H35F2N3O2. The summed E-state index contributed by atoms with van der Waals surface area (Å²) in [6, 6.07) is 13.2. The van der Waals surface area contributed by atoms with Gasteiger partial charge in [-0.3, -0.25) is 4.90 Å². The van der Waals surface area contributed by atoms with Crippen molar-refractivity contribution in [2.24, 2.45) is 5.92 Å². The number of carbonyl (C=O) groups excluding carboxylic acids is 1. The van der Waals surface area contributed by atoms with Crippen molar-refractivity contribution in [3.8, 4) is 5.75 Å². The lowest BCUT2D eigenvalue weighted by Gasteiger charge is -2.42. The van der Waals surface area contributed by atoms with Gasteiger partial charge in [-0.1, -0.05) is 38.1 Å². The van der Waals surface area contributed by atoms with E-state index in [-0.39, 0.29) is 18.4 Å². The molecule has 0 saturated carbocycles. The van der Waals surface area contributed by atoms with Gasteiger partial charge in [0.15, 0.2) is 0 Å². The largest absolute Gasteiger partial charge is 0.493 e. The van der Waals surface area contributed by atoms with Gasteiger partial charge in [0.1, 0.15) is 17.7 Å². The Bertz CT molecular complexity index is 936. The first-order valence-electron chi connectivity index (χ1n) is 12.3. The van der Waals surface area contributed by atoms with Gasteiger partial charge in [-0.05, 0) is 67.1 Å². The number of hydrogen-bond acceptors (Lipinski definition) is 3. The van der Waals surface area contributed by atoms with E-state index >= 15 is 4.39 Å². The summed E-state index contributed by atoms with van der Waals surface area (Å²) in [6.45, 7) is 6.71. The van der Waals surface area contributed by atoms with E-state index in [9.17, 15) is 9.18 Å². The highest BCUT2D eigenvalue weighted by Crippen LogP contribution is 2.32. The molecule has 7 heteroatoms. The number of rotatable bonds is 8. The summed E-state index contributed by atoms with van der Waals surface area (Å²) < 4.78 is 34.4. The molecule has 2 aliphatic rings. The number of piperidine rings is 1. The molecule has 3 atom stereocenters. The Morgan fingerprint density at radius 2 is 1.85 bits per heavy atom. The molecule has 5 nitrogen and oxygen atoms in total. The number of amides is 2. The Balaban J connectivity index is 1.43. The lowest BCUT2D eigenvalue weighted by molar-refractivity contribution is 0.0311. The minimum Gasteiger partial charge on any atom is -0.493 e. The van der Waals surface area contributed by atoms with Gasteiger partial charge < -0.3 is 15.0 Å². The van der Waals surface area contributed by atoms with Crippen molar-refractivity contribution in [3.63, 3.8) is 0 Å². The minimum atomic E-state index is -1.11. The number of fused-ring (bicyclic) bond motifs is 1. The summed E-state index contributed by atoms with van der Waals surface area (Å²) in [5.74, 6) is 0.912. The van der Waals surface area contributed by atoms with Gasteiger partial charge in [0.2, 0.25) is 0 Å². The third-order valence-corrected chi connectivity index (χ3v) is 6.72. The molecule has 2 aromatic carbocycles. The summed E-state index contributed by atoms with van der Waals surface area (Å²) in [7, 11) is 0. The molecular weight excluding hydrogens is 436 g/mol. The lowest BCUT2D eigenvalue weighted by atomic mass is 9.94. The molecule has 2 heterocycles. The molecule has 2 aliphatic heterocycles. The van der Waals surface area contributed by atoms with Crippen molar-refractivity contribution < 1.29 is 18.3 Å². The Hall–Kier alpha value is -2.67. The van der Waals surface area contributed by atoms with Crippen molar-refractivity contribution in [1.82, 2.24) is 15.1 Å². The summed E-state index contributed by atoms with van der Waals surface area (Å²) in [5, 5.41) is 2.97. The molecule has 0 radical (unpaired) electrons.